The second-order valence-corrected chi connectivity index (χ2v) is 2.96. The Hall–Kier alpha value is -1.10. The largest absolute Gasteiger partial charge is 0.368 e. The number of nitrogen functional groups attached to an aromatic ring is 1. The van der Waals surface area contributed by atoms with Crippen molar-refractivity contribution in [1.82, 2.24) is 14.6 Å². The molecule has 0 saturated carbocycles. The fourth-order valence-electron chi connectivity index (χ4n) is 0.901. The molecular weight excluding hydrogens is 208 g/mol. The fraction of sp³-hybridized carbons (Fsp3) is 0. The topological polar surface area (TPSA) is 56.2 Å². The molecule has 0 fully saturated rings. The lowest BCUT2D eigenvalue weighted by molar-refractivity contribution is 1.12. The molecule has 0 unspecified atom stereocenters. The first-order valence-electron chi connectivity index (χ1n) is 3.04. The van der Waals surface area contributed by atoms with Crippen molar-refractivity contribution in [2.45, 2.75) is 0 Å². The van der Waals surface area contributed by atoms with Gasteiger partial charge in [0.15, 0.2) is 5.65 Å². The number of halogens is 1. The summed E-state index contributed by atoms with van der Waals surface area (Å²) in [5.74, 6) is 0.404. The molecule has 0 radical (unpaired) electrons. The first kappa shape index (κ1) is 6.60. The molecule has 2 N–H and O–H groups in total. The summed E-state index contributed by atoms with van der Waals surface area (Å²) in [5.41, 5.74) is 6.25. The van der Waals surface area contributed by atoms with Gasteiger partial charge in [-0.25, -0.2) is 0 Å². The first-order chi connectivity index (χ1) is 5.29. The van der Waals surface area contributed by atoms with Gasteiger partial charge in [0.25, 0.3) is 0 Å². The minimum Gasteiger partial charge on any atom is -0.368 e. The van der Waals surface area contributed by atoms with Crippen LogP contribution in [0.1, 0.15) is 0 Å². The number of nitrogens with zero attached hydrogens (tertiary/aromatic N) is 3. The van der Waals surface area contributed by atoms with Crippen molar-refractivity contribution in [3.05, 3.63) is 22.8 Å². The molecule has 5 heteroatoms. The summed E-state index contributed by atoms with van der Waals surface area (Å²) in [7, 11) is 0. The zero-order valence-electron chi connectivity index (χ0n) is 5.53. The maximum Gasteiger partial charge on any atom is 0.226 e. The van der Waals surface area contributed by atoms with E-state index >= 15 is 0 Å². The van der Waals surface area contributed by atoms with E-state index < -0.39 is 0 Å². The summed E-state index contributed by atoms with van der Waals surface area (Å²) in [6.45, 7) is 0. The Morgan fingerprint density at radius 2 is 2.27 bits per heavy atom. The van der Waals surface area contributed by atoms with Crippen LogP contribution in [0, 0.1) is 0 Å². The number of anilines is 1. The summed E-state index contributed by atoms with van der Waals surface area (Å²) < 4.78 is 2.61. The number of hydrogen-bond acceptors (Lipinski definition) is 3. The second-order valence-electron chi connectivity index (χ2n) is 2.11. The number of hydrogen-bond donors (Lipinski definition) is 1. The summed E-state index contributed by atoms with van der Waals surface area (Å²) in [6, 6.07) is 3.76. The van der Waals surface area contributed by atoms with Gasteiger partial charge in [-0.3, -0.25) is 4.40 Å². The van der Waals surface area contributed by atoms with Crippen molar-refractivity contribution in [1.29, 1.82) is 0 Å². The highest BCUT2D eigenvalue weighted by atomic mass is 79.9. The van der Waals surface area contributed by atoms with E-state index in [1.165, 1.54) is 0 Å². The molecule has 2 heterocycles. The van der Waals surface area contributed by atoms with Crippen LogP contribution in [0.5, 0.6) is 0 Å². The van der Waals surface area contributed by atoms with Crippen molar-refractivity contribution in [3.63, 3.8) is 0 Å². The van der Waals surface area contributed by atoms with Crippen LogP contribution in [-0.2, 0) is 0 Å². The Kier molecular flexibility index (Phi) is 1.32. The van der Waals surface area contributed by atoms with Crippen LogP contribution in [0.25, 0.3) is 5.65 Å². The molecule has 0 saturated heterocycles. The quantitative estimate of drug-likeness (QED) is 0.712. The molecule has 0 aliphatic carbocycles. The van der Waals surface area contributed by atoms with E-state index in [0.29, 0.717) is 5.95 Å². The average Bonchev–Trinajstić information content (AvgIpc) is 2.35. The Morgan fingerprint density at radius 3 is 3.00 bits per heavy atom. The van der Waals surface area contributed by atoms with E-state index in [9.17, 15) is 0 Å². The zero-order valence-corrected chi connectivity index (χ0v) is 7.12. The third kappa shape index (κ3) is 0.883. The zero-order chi connectivity index (χ0) is 7.84. The Labute approximate surface area is 71.2 Å². The molecule has 56 valence electrons. The van der Waals surface area contributed by atoms with Crippen LogP contribution in [0.4, 0.5) is 5.95 Å². The Bertz CT molecular complexity index is 394. The fourth-order valence-corrected chi connectivity index (χ4v) is 1.32. The molecule has 0 bridgehead atoms. The van der Waals surface area contributed by atoms with E-state index in [1.807, 2.05) is 18.3 Å². The van der Waals surface area contributed by atoms with Gasteiger partial charge in [-0.05, 0) is 28.1 Å². The lowest BCUT2D eigenvalue weighted by Gasteiger charge is -1.93. The van der Waals surface area contributed by atoms with Crippen LogP contribution in [0.15, 0.2) is 22.8 Å². The van der Waals surface area contributed by atoms with Gasteiger partial charge in [-0.1, -0.05) is 0 Å². The predicted octanol–water partition coefficient (Wildman–Crippen LogP) is 1.07. The molecule has 2 aromatic heterocycles. The Morgan fingerprint density at radius 1 is 1.45 bits per heavy atom. The van der Waals surface area contributed by atoms with Crippen molar-refractivity contribution < 1.29 is 0 Å². The van der Waals surface area contributed by atoms with Crippen LogP contribution in [0.3, 0.4) is 0 Å². The summed E-state index contributed by atoms with van der Waals surface area (Å²) in [5, 5.41) is 7.58. The van der Waals surface area contributed by atoms with Gasteiger partial charge in [0, 0.05) is 6.20 Å². The molecule has 0 aliphatic heterocycles. The van der Waals surface area contributed by atoms with Crippen LogP contribution in [0.2, 0.25) is 0 Å². The maximum absolute atomic E-state index is 5.51. The average molecular weight is 213 g/mol. The summed E-state index contributed by atoms with van der Waals surface area (Å²) in [4.78, 5) is 0. The number of aromatic nitrogens is 3. The van der Waals surface area contributed by atoms with E-state index in [-0.39, 0.29) is 0 Å². The molecule has 0 aromatic carbocycles. The molecule has 0 spiro atoms. The van der Waals surface area contributed by atoms with Gasteiger partial charge in [-0.2, -0.15) is 0 Å². The molecule has 2 rings (SSSR count). The SMILES string of the molecule is Nc1nnc2c(Br)cccn12. The lowest BCUT2D eigenvalue weighted by Crippen LogP contribution is -1.92. The third-order valence-corrected chi connectivity index (χ3v) is 2.03. The van der Waals surface area contributed by atoms with E-state index in [0.717, 1.165) is 10.1 Å². The second kappa shape index (κ2) is 2.20. The van der Waals surface area contributed by atoms with Crippen molar-refractivity contribution >= 4 is 27.5 Å². The van der Waals surface area contributed by atoms with Crippen molar-refractivity contribution in [2.24, 2.45) is 0 Å². The smallest absolute Gasteiger partial charge is 0.226 e. The molecule has 2 aromatic rings. The monoisotopic (exact) mass is 212 g/mol. The van der Waals surface area contributed by atoms with Gasteiger partial charge in [0.2, 0.25) is 5.95 Å². The van der Waals surface area contributed by atoms with Crippen LogP contribution in [-0.4, -0.2) is 14.6 Å². The number of fused-ring (bicyclic) bond motifs is 1. The molecule has 0 atom stereocenters. The maximum atomic E-state index is 5.51. The lowest BCUT2D eigenvalue weighted by atomic mass is 10.5. The normalized spacial score (nSPS) is 10.6. The van der Waals surface area contributed by atoms with Crippen LogP contribution < -0.4 is 5.73 Å². The minimum atomic E-state index is 0.404. The van der Waals surface area contributed by atoms with Gasteiger partial charge < -0.3 is 5.73 Å². The number of rotatable bonds is 0. The minimum absolute atomic E-state index is 0.404. The summed E-state index contributed by atoms with van der Waals surface area (Å²) in [6.07, 6.45) is 1.81. The van der Waals surface area contributed by atoms with E-state index in [4.69, 9.17) is 5.73 Å². The van der Waals surface area contributed by atoms with E-state index in [1.54, 1.807) is 4.40 Å². The van der Waals surface area contributed by atoms with Gasteiger partial charge in [0.1, 0.15) is 0 Å². The highest BCUT2D eigenvalue weighted by molar-refractivity contribution is 9.10. The molecule has 4 nitrogen and oxygen atoms in total. The first-order valence-corrected chi connectivity index (χ1v) is 3.83. The number of nitrogens with two attached hydrogens (primary N) is 1. The van der Waals surface area contributed by atoms with Crippen LogP contribution >= 0.6 is 15.9 Å². The van der Waals surface area contributed by atoms with Crippen molar-refractivity contribution in [3.8, 4) is 0 Å². The molecule has 0 aliphatic rings. The third-order valence-electron chi connectivity index (χ3n) is 1.41. The molecule has 0 amide bonds. The van der Waals surface area contributed by atoms with Crippen molar-refractivity contribution in [2.75, 3.05) is 5.73 Å². The highest BCUT2D eigenvalue weighted by Crippen LogP contribution is 2.16. The highest BCUT2D eigenvalue weighted by Gasteiger charge is 2.02. The van der Waals surface area contributed by atoms with Gasteiger partial charge in [0.05, 0.1) is 4.47 Å². The predicted molar refractivity (Wildman–Crippen MR) is 45.1 cm³/mol. The number of pyridine rings is 1. The Balaban J connectivity index is 2.94. The van der Waals surface area contributed by atoms with Gasteiger partial charge >= 0.3 is 0 Å². The molecular formula is C6H5BrN4. The standard InChI is InChI=1S/C6H5BrN4/c7-4-2-1-3-11-5(4)9-10-6(11)8/h1-3H,(H2,8,10). The van der Waals surface area contributed by atoms with Gasteiger partial charge in [-0.15, -0.1) is 10.2 Å². The van der Waals surface area contributed by atoms with E-state index in [2.05, 4.69) is 26.1 Å². The summed E-state index contributed by atoms with van der Waals surface area (Å²) >= 11 is 3.33. The molecule has 11 heavy (non-hydrogen) atoms.